The number of nitrogens with zero attached hydrogens (tertiary/aromatic N) is 4. The minimum absolute atomic E-state index is 0.724. The van der Waals surface area contributed by atoms with Gasteiger partial charge < -0.3 is 10.2 Å². The molecular formula is C19H26N6. The molecule has 0 spiro atoms. The van der Waals surface area contributed by atoms with Gasteiger partial charge in [0, 0.05) is 37.8 Å². The van der Waals surface area contributed by atoms with Crippen molar-refractivity contribution in [3.63, 3.8) is 0 Å². The molecular weight excluding hydrogens is 312 g/mol. The van der Waals surface area contributed by atoms with E-state index < -0.39 is 0 Å². The minimum atomic E-state index is 0.724. The van der Waals surface area contributed by atoms with E-state index in [1.165, 1.54) is 0 Å². The third-order valence-electron chi connectivity index (χ3n) is 3.76. The number of H-pyrrole nitrogens is 1. The maximum Gasteiger partial charge on any atom is 0.181 e. The van der Waals surface area contributed by atoms with Crippen LogP contribution in [0.5, 0.6) is 0 Å². The lowest BCUT2D eigenvalue weighted by Crippen LogP contribution is -2.43. The lowest BCUT2D eigenvalue weighted by atomic mass is 10.2. The Labute approximate surface area is 148 Å². The molecule has 25 heavy (non-hydrogen) atoms. The zero-order valence-electron chi connectivity index (χ0n) is 15.2. The van der Waals surface area contributed by atoms with Crippen molar-refractivity contribution >= 4 is 16.9 Å². The number of anilines is 1. The zero-order valence-corrected chi connectivity index (χ0v) is 15.2. The average molecular weight is 338 g/mol. The molecule has 6 nitrogen and oxygen atoms in total. The van der Waals surface area contributed by atoms with Gasteiger partial charge in [-0.1, -0.05) is 26.8 Å². The molecule has 132 valence electrons. The molecule has 1 fully saturated rings. The van der Waals surface area contributed by atoms with Crippen LogP contribution in [0.1, 0.15) is 20.8 Å². The van der Waals surface area contributed by atoms with Crippen LogP contribution in [0.15, 0.2) is 36.5 Å². The fourth-order valence-electron chi connectivity index (χ4n) is 2.68. The summed E-state index contributed by atoms with van der Waals surface area (Å²) in [5.41, 5.74) is 2.55. The highest BCUT2D eigenvalue weighted by Crippen LogP contribution is 2.25. The van der Waals surface area contributed by atoms with Crippen molar-refractivity contribution in [3.05, 3.63) is 36.5 Å². The molecule has 0 radical (unpaired) electrons. The summed E-state index contributed by atoms with van der Waals surface area (Å²) < 4.78 is 0. The smallest absolute Gasteiger partial charge is 0.181 e. The second-order valence-corrected chi connectivity index (χ2v) is 6.82. The molecule has 3 aromatic heterocycles. The number of fused-ring (bicyclic) bond motifs is 1. The topological polar surface area (TPSA) is 69.7 Å². The van der Waals surface area contributed by atoms with Gasteiger partial charge in [-0.25, -0.2) is 9.97 Å². The Morgan fingerprint density at radius 3 is 2.56 bits per heavy atom. The van der Waals surface area contributed by atoms with Gasteiger partial charge in [-0.3, -0.25) is 5.10 Å². The summed E-state index contributed by atoms with van der Waals surface area (Å²) in [6.07, 6.45) is 1.75. The predicted octanol–water partition coefficient (Wildman–Crippen LogP) is 3.09. The molecule has 0 unspecified atom stereocenters. The molecule has 0 amide bonds. The largest absolute Gasteiger partial charge is 0.354 e. The van der Waals surface area contributed by atoms with Crippen molar-refractivity contribution in [3.8, 4) is 11.4 Å². The summed E-state index contributed by atoms with van der Waals surface area (Å²) in [5.74, 6) is 1.85. The fraction of sp³-hybridized carbons (Fsp3) is 0.421. The summed E-state index contributed by atoms with van der Waals surface area (Å²) in [7, 11) is 0. The van der Waals surface area contributed by atoms with Crippen LogP contribution < -0.4 is 10.2 Å². The van der Waals surface area contributed by atoms with Crippen molar-refractivity contribution in [1.82, 2.24) is 25.5 Å². The zero-order chi connectivity index (χ0) is 17.6. The Morgan fingerprint density at radius 2 is 1.80 bits per heavy atom. The SMILES string of the molecule is CC(C)C.c1cc(-c2[nH]nc3ncccc23)nc(N2CCNCC2)c1. The third kappa shape index (κ3) is 4.33. The number of nitrogens with one attached hydrogen (secondary N) is 2. The summed E-state index contributed by atoms with van der Waals surface area (Å²) >= 11 is 0. The monoisotopic (exact) mass is 338 g/mol. The molecule has 0 atom stereocenters. The molecule has 1 aliphatic rings. The van der Waals surface area contributed by atoms with Crippen molar-refractivity contribution in [1.29, 1.82) is 0 Å². The van der Waals surface area contributed by atoms with Crippen molar-refractivity contribution in [2.45, 2.75) is 20.8 Å². The molecule has 0 aromatic carbocycles. The fourth-order valence-corrected chi connectivity index (χ4v) is 2.68. The lowest BCUT2D eigenvalue weighted by Gasteiger charge is -2.28. The first-order valence-electron chi connectivity index (χ1n) is 8.87. The number of aromatic amines is 1. The Kier molecular flexibility index (Phi) is 5.60. The molecule has 2 N–H and O–H groups in total. The number of hydrogen-bond acceptors (Lipinski definition) is 5. The van der Waals surface area contributed by atoms with Gasteiger partial charge in [-0.2, -0.15) is 5.10 Å². The van der Waals surface area contributed by atoms with E-state index in [2.05, 4.69) is 52.2 Å². The van der Waals surface area contributed by atoms with Gasteiger partial charge in [-0.15, -0.1) is 0 Å². The molecule has 0 aliphatic carbocycles. The molecule has 4 rings (SSSR count). The van der Waals surface area contributed by atoms with E-state index in [0.29, 0.717) is 0 Å². The third-order valence-corrected chi connectivity index (χ3v) is 3.76. The van der Waals surface area contributed by atoms with Crippen LogP contribution in [0.2, 0.25) is 0 Å². The molecule has 0 bridgehead atoms. The summed E-state index contributed by atoms with van der Waals surface area (Å²) in [4.78, 5) is 11.3. The summed E-state index contributed by atoms with van der Waals surface area (Å²) in [6.45, 7) is 10.5. The molecule has 1 aliphatic heterocycles. The van der Waals surface area contributed by atoms with E-state index in [1.807, 2.05) is 24.3 Å². The number of hydrogen-bond donors (Lipinski definition) is 2. The summed E-state index contributed by atoms with van der Waals surface area (Å²) in [6, 6.07) is 10.0. The van der Waals surface area contributed by atoms with Gasteiger partial charge in [0.25, 0.3) is 0 Å². The number of pyridine rings is 2. The normalized spacial score (nSPS) is 14.5. The van der Waals surface area contributed by atoms with Crippen LogP contribution in [0.3, 0.4) is 0 Å². The van der Waals surface area contributed by atoms with E-state index in [1.54, 1.807) is 6.20 Å². The second kappa shape index (κ2) is 8.07. The molecule has 3 aromatic rings. The van der Waals surface area contributed by atoms with E-state index in [-0.39, 0.29) is 0 Å². The maximum atomic E-state index is 4.79. The van der Waals surface area contributed by atoms with Gasteiger partial charge in [0.05, 0.1) is 11.4 Å². The van der Waals surface area contributed by atoms with Crippen LogP contribution in [-0.2, 0) is 0 Å². The van der Waals surface area contributed by atoms with Gasteiger partial charge in [0.2, 0.25) is 0 Å². The molecule has 4 heterocycles. The number of aromatic nitrogens is 4. The quantitative estimate of drug-likeness (QED) is 0.751. The Morgan fingerprint density at radius 1 is 1.04 bits per heavy atom. The highest BCUT2D eigenvalue weighted by atomic mass is 15.2. The van der Waals surface area contributed by atoms with Crippen molar-refractivity contribution in [2.75, 3.05) is 31.1 Å². The van der Waals surface area contributed by atoms with Crippen LogP contribution in [0, 0.1) is 5.92 Å². The van der Waals surface area contributed by atoms with Crippen LogP contribution in [0.25, 0.3) is 22.4 Å². The predicted molar refractivity (Wildman–Crippen MR) is 103 cm³/mol. The van der Waals surface area contributed by atoms with Gasteiger partial charge in [-0.05, 0) is 30.2 Å². The van der Waals surface area contributed by atoms with Crippen LogP contribution in [-0.4, -0.2) is 46.3 Å². The van der Waals surface area contributed by atoms with E-state index in [4.69, 9.17) is 4.98 Å². The number of rotatable bonds is 2. The first-order chi connectivity index (χ1) is 12.1. The van der Waals surface area contributed by atoms with Gasteiger partial charge >= 0.3 is 0 Å². The Hall–Kier alpha value is -2.47. The van der Waals surface area contributed by atoms with E-state index in [0.717, 1.165) is 60.3 Å². The molecule has 6 heteroatoms. The Balaban J connectivity index is 0.000000415. The molecule has 0 saturated carbocycles. The standard InChI is InChI=1S/C15H16N6.C4H10/c1-4-12(14-11-3-2-6-17-15(11)20-19-14)18-13(5-1)21-9-7-16-8-10-21;1-4(2)3/h1-6,16H,7-10H2,(H,17,19,20);4H,1-3H3. The first-order valence-corrected chi connectivity index (χ1v) is 8.87. The van der Waals surface area contributed by atoms with Gasteiger partial charge in [0.1, 0.15) is 5.82 Å². The van der Waals surface area contributed by atoms with Gasteiger partial charge in [0.15, 0.2) is 5.65 Å². The van der Waals surface area contributed by atoms with Crippen molar-refractivity contribution < 1.29 is 0 Å². The van der Waals surface area contributed by atoms with Crippen LogP contribution in [0.4, 0.5) is 5.82 Å². The summed E-state index contributed by atoms with van der Waals surface area (Å²) in [5, 5.41) is 11.7. The second-order valence-electron chi connectivity index (χ2n) is 6.82. The first kappa shape index (κ1) is 17.4. The van der Waals surface area contributed by atoms with Crippen molar-refractivity contribution in [2.24, 2.45) is 5.92 Å². The Bertz CT molecular complexity index is 802. The maximum absolute atomic E-state index is 4.79. The van der Waals surface area contributed by atoms with E-state index >= 15 is 0 Å². The molecule has 1 saturated heterocycles. The van der Waals surface area contributed by atoms with Crippen LogP contribution >= 0.6 is 0 Å². The number of piperazine rings is 1. The lowest BCUT2D eigenvalue weighted by molar-refractivity contribution is 0.585. The minimum Gasteiger partial charge on any atom is -0.354 e. The average Bonchev–Trinajstić information content (AvgIpc) is 3.06. The highest BCUT2D eigenvalue weighted by Gasteiger charge is 2.14. The highest BCUT2D eigenvalue weighted by molar-refractivity contribution is 5.89. The van der Waals surface area contributed by atoms with E-state index in [9.17, 15) is 0 Å².